The molecule has 1 heterocycles. The summed E-state index contributed by atoms with van der Waals surface area (Å²) in [5.74, 6) is 1.77. The van der Waals surface area contributed by atoms with Crippen LogP contribution < -0.4 is 5.32 Å². The van der Waals surface area contributed by atoms with Crippen LogP contribution in [0.1, 0.15) is 62.7 Å². The number of ether oxygens (including phenoxy) is 1. The van der Waals surface area contributed by atoms with Crippen LogP contribution in [-0.2, 0) is 9.53 Å². The van der Waals surface area contributed by atoms with Crippen LogP contribution in [0.3, 0.4) is 0 Å². The predicted octanol–water partition coefficient (Wildman–Crippen LogP) is 4.68. The van der Waals surface area contributed by atoms with E-state index in [1.807, 2.05) is 4.90 Å². The lowest BCUT2D eigenvalue weighted by atomic mass is 9.71. The van der Waals surface area contributed by atoms with Gasteiger partial charge in [-0.2, -0.15) is 0 Å². The number of amides is 2. The number of fused-ring (bicyclic) bond motifs is 2. The lowest BCUT2D eigenvalue weighted by Crippen LogP contribution is -2.55. The first-order chi connectivity index (χ1) is 15.2. The summed E-state index contributed by atoms with van der Waals surface area (Å²) in [4.78, 5) is 27.3. The third-order valence-electron chi connectivity index (χ3n) is 7.71. The average molecular weight is 465 g/mol. The number of morpholine rings is 1. The standard InChI is InChI=1S/C25H34ClFN2O3/c1-25(2)15-32-8-7-29(25)23(30)6-5-22-17-3-4-18(22)10-16(9-17)14-28-24(31)19-11-20(26)13-21(27)12-19/h11-13,16-18,22H,3-10,14-15H2,1-2H3,(H,28,31)/t16-,17+,18-,22?. The Morgan fingerprint density at radius 2 is 1.94 bits per heavy atom. The van der Waals surface area contributed by atoms with Gasteiger partial charge in [0.25, 0.3) is 5.91 Å². The molecule has 1 saturated heterocycles. The number of hydrogen-bond acceptors (Lipinski definition) is 3. The molecule has 3 aliphatic rings. The summed E-state index contributed by atoms with van der Waals surface area (Å²) in [6.07, 6.45) is 6.18. The predicted molar refractivity (Wildman–Crippen MR) is 122 cm³/mol. The fourth-order valence-electron chi connectivity index (χ4n) is 6.19. The van der Waals surface area contributed by atoms with E-state index in [0.29, 0.717) is 56.4 Å². The summed E-state index contributed by atoms with van der Waals surface area (Å²) in [6.45, 7) is 6.66. The third kappa shape index (κ3) is 5.28. The highest BCUT2D eigenvalue weighted by Crippen LogP contribution is 2.50. The zero-order chi connectivity index (χ0) is 22.9. The molecule has 2 bridgehead atoms. The maximum Gasteiger partial charge on any atom is 0.251 e. The van der Waals surface area contributed by atoms with Gasteiger partial charge in [-0.15, -0.1) is 0 Å². The fraction of sp³-hybridized carbons (Fsp3) is 0.680. The summed E-state index contributed by atoms with van der Waals surface area (Å²) in [5, 5.41) is 3.20. The Morgan fingerprint density at radius 1 is 1.22 bits per heavy atom. The molecule has 3 fully saturated rings. The number of nitrogens with one attached hydrogen (secondary N) is 1. The first-order valence-electron chi connectivity index (χ1n) is 11.9. The Morgan fingerprint density at radius 3 is 2.59 bits per heavy atom. The van der Waals surface area contributed by atoms with Crippen molar-refractivity contribution in [1.29, 1.82) is 0 Å². The summed E-state index contributed by atoms with van der Waals surface area (Å²) in [6, 6.07) is 3.91. The Balaban J connectivity index is 1.26. The quantitative estimate of drug-likeness (QED) is 0.665. The van der Waals surface area contributed by atoms with Gasteiger partial charge >= 0.3 is 0 Å². The first-order valence-corrected chi connectivity index (χ1v) is 12.2. The lowest BCUT2D eigenvalue weighted by molar-refractivity contribution is -0.146. The molecule has 7 heteroatoms. The van der Waals surface area contributed by atoms with Gasteiger partial charge in [-0.25, -0.2) is 4.39 Å². The van der Waals surface area contributed by atoms with Crippen LogP contribution in [0.15, 0.2) is 18.2 Å². The van der Waals surface area contributed by atoms with Gasteiger partial charge in [0, 0.05) is 30.1 Å². The Hall–Kier alpha value is -1.66. The van der Waals surface area contributed by atoms with Crippen LogP contribution in [0.4, 0.5) is 4.39 Å². The largest absolute Gasteiger partial charge is 0.377 e. The van der Waals surface area contributed by atoms with E-state index >= 15 is 0 Å². The van der Waals surface area contributed by atoms with Crippen molar-refractivity contribution in [3.8, 4) is 0 Å². The average Bonchev–Trinajstić information content (AvgIpc) is 2.96. The minimum atomic E-state index is -0.504. The van der Waals surface area contributed by atoms with Crippen molar-refractivity contribution in [2.45, 2.75) is 57.9 Å². The molecule has 0 aromatic heterocycles. The molecule has 1 unspecified atom stereocenters. The summed E-state index contributed by atoms with van der Waals surface area (Å²) >= 11 is 5.87. The number of hydrogen-bond donors (Lipinski definition) is 1. The van der Waals surface area contributed by atoms with Crippen molar-refractivity contribution < 1.29 is 18.7 Å². The summed E-state index contributed by atoms with van der Waals surface area (Å²) in [7, 11) is 0. The first kappa shape index (κ1) is 23.5. The van der Waals surface area contributed by atoms with E-state index in [1.54, 1.807) is 0 Å². The highest BCUT2D eigenvalue weighted by Gasteiger charge is 2.43. The van der Waals surface area contributed by atoms with E-state index in [-0.39, 0.29) is 27.9 Å². The number of rotatable bonds is 6. The summed E-state index contributed by atoms with van der Waals surface area (Å²) < 4.78 is 19.1. The number of carbonyl (C=O) groups excluding carboxylic acids is 2. The molecule has 32 heavy (non-hydrogen) atoms. The van der Waals surface area contributed by atoms with Gasteiger partial charge in [0.15, 0.2) is 0 Å². The minimum absolute atomic E-state index is 0.226. The highest BCUT2D eigenvalue weighted by atomic mass is 35.5. The maximum atomic E-state index is 13.5. The van der Waals surface area contributed by atoms with Crippen molar-refractivity contribution in [2.75, 3.05) is 26.3 Å². The van der Waals surface area contributed by atoms with Crippen molar-refractivity contribution in [1.82, 2.24) is 10.2 Å². The number of benzene rings is 1. The molecule has 4 atom stereocenters. The maximum absolute atomic E-state index is 13.5. The highest BCUT2D eigenvalue weighted by molar-refractivity contribution is 6.31. The van der Waals surface area contributed by atoms with Crippen molar-refractivity contribution in [3.63, 3.8) is 0 Å². The van der Waals surface area contributed by atoms with Crippen LogP contribution >= 0.6 is 11.6 Å². The molecule has 1 aromatic carbocycles. The second-order valence-corrected chi connectivity index (χ2v) is 10.9. The molecule has 0 radical (unpaired) electrons. The molecule has 2 aliphatic carbocycles. The number of halogens is 2. The van der Waals surface area contributed by atoms with Gasteiger partial charge < -0.3 is 15.0 Å². The topological polar surface area (TPSA) is 58.6 Å². The van der Waals surface area contributed by atoms with E-state index in [4.69, 9.17) is 16.3 Å². The second kappa shape index (κ2) is 9.68. The Kier molecular flexibility index (Phi) is 7.11. The van der Waals surface area contributed by atoms with E-state index in [1.165, 1.54) is 31.0 Å². The fourth-order valence-corrected chi connectivity index (χ4v) is 6.41. The zero-order valence-electron chi connectivity index (χ0n) is 19.0. The normalized spacial score (nSPS) is 29.1. The monoisotopic (exact) mass is 464 g/mol. The molecule has 0 spiro atoms. The Labute approximate surface area is 195 Å². The van der Waals surface area contributed by atoms with E-state index in [2.05, 4.69) is 19.2 Å². The molecule has 1 aromatic rings. The molecule has 176 valence electrons. The van der Waals surface area contributed by atoms with Crippen LogP contribution in [0, 0.1) is 29.5 Å². The summed E-state index contributed by atoms with van der Waals surface area (Å²) in [5.41, 5.74) is 0.0343. The van der Waals surface area contributed by atoms with Crippen LogP contribution in [0.5, 0.6) is 0 Å². The SMILES string of the molecule is CC1(C)COCCN1C(=O)CCC1[C@@H]2CC[C@H]1C[C@@H](CNC(=O)c1cc(F)cc(Cl)c1)C2. The molecule has 4 rings (SSSR count). The molecule has 5 nitrogen and oxygen atoms in total. The number of carbonyl (C=O) groups is 2. The zero-order valence-corrected chi connectivity index (χ0v) is 19.8. The minimum Gasteiger partial charge on any atom is -0.377 e. The second-order valence-electron chi connectivity index (χ2n) is 10.4. The van der Waals surface area contributed by atoms with Gasteiger partial charge in [-0.3, -0.25) is 9.59 Å². The van der Waals surface area contributed by atoms with Gasteiger partial charge in [0.05, 0.1) is 18.8 Å². The van der Waals surface area contributed by atoms with Gasteiger partial charge in [0.2, 0.25) is 5.91 Å². The Bertz CT molecular complexity index is 827. The molecular formula is C25H34ClFN2O3. The molecule has 2 saturated carbocycles. The van der Waals surface area contributed by atoms with Crippen molar-refractivity contribution in [2.24, 2.45) is 23.7 Å². The van der Waals surface area contributed by atoms with Gasteiger partial charge in [-0.1, -0.05) is 11.6 Å². The van der Waals surface area contributed by atoms with Gasteiger partial charge in [-0.05, 0) is 87.8 Å². The molecule has 2 amide bonds. The third-order valence-corrected chi connectivity index (χ3v) is 7.92. The molecule has 1 aliphatic heterocycles. The lowest BCUT2D eigenvalue weighted by Gasteiger charge is -2.42. The van der Waals surface area contributed by atoms with Crippen LogP contribution in [0.25, 0.3) is 0 Å². The number of nitrogens with zero attached hydrogens (tertiary/aromatic N) is 1. The molecule has 1 N–H and O–H groups in total. The smallest absolute Gasteiger partial charge is 0.251 e. The molecular weight excluding hydrogens is 431 g/mol. The van der Waals surface area contributed by atoms with Crippen LogP contribution in [-0.4, -0.2) is 48.6 Å². The van der Waals surface area contributed by atoms with E-state index in [9.17, 15) is 14.0 Å². The van der Waals surface area contributed by atoms with Gasteiger partial charge in [0.1, 0.15) is 5.82 Å². The van der Waals surface area contributed by atoms with Crippen LogP contribution in [0.2, 0.25) is 5.02 Å². The van der Waals surface area contributed by atoms with Crippen molar-refractivity contribution in [3.05, 3.63) is 34.6 Å². The van der Waals surface area contributed by atoms with Crippen molar-refractivity contribution >= 4 is 23.4 Å². The van der Waals surface area contributed by atoms with E-state index < -0.39 is 5.82 Å². The van der Waals surface area contributed by atoms with E-state index in [0.717, 1.165) is 19.3 Å².